The van der Waals surface area contributed by atoms with E-state index in [1.165, 1.54) is 6.07 Å². The lowest BCUT2D eigenvalue weighted by Crippen LogP contribution is -2.25. The molecule has 0 fully saturated rings. The van der Waals surface area contributed by atoms with Gasteiger partial charge in [0.15, 0.2) is 0 Å². The number of nitrogens with one attached hydrogen (secondary N) is 1. The van der Waals surface area contributed by atoms with Crippen LogP contribution in [0.25, 0.3) is 0 Å². The Morgan fingerprint density at radius 1 is 1.47 bits per heavy atom. The minimum atomic E-state index is -0.117. The quantitative estimate of drug-likeness (QED) is 0.803. The van der Waals surface area contributed by atoms with Crippen LogP contribution in [0, 0.1) is 6.92 Å². The van der Waals surface area contributed by atoms with E-state index in [0.29, 0.717) is 17.7 Å². The topological polar surface area (TPSA) is 67.2 Å². The largest absolute Gasteiger partial charge is 0.508 e. The van der Waals surface area contributed by atoms with Gasteiger partial charge in [0.05, 0.1) is 6.33 Å². The van der Waals surface area contributed by atoms with Crippen molar-refractivity contribution in [3.8, 4) is 5.75 Å². The summed E-state index contributed by atoms with van der Waals surface area (Å²) >= 11 is 0. The highest BCUT2D eigenvalue weighted by atomic mass is 16.3. The van der Waals surface area contributed by atoms with E-state index >= 15 is 0 Å². The monoisotopic (exact) mass is 259 g/mol. The molecule has 0 atom stereocenters. The van der Waals surface area contributed by atoms with E-state index in [2.05, 4.69) is 10.3 Å². The number of imidazole rings is 1. The smallest absolute Gasteiger partial charge is 0.251 e. The second-order valence-corrected chi connectivity index (χ2v) is 4.41. The Kier molecular flexibility index (Phi) is 4.18. The Balaban J connectivity index is 1.79. The van der Waals surface area contributed by atoms with Crippen molar-refractivity contribution < 1.29 is 9.90 Å². The van der Waals surface area contributed by atoms with Gasteiger partial charge in [0.25, 0.3) is 5.91 Å². The third-order valence-electron chi connectivity index (χ3n) is 2.90. The predicted octanol–water partition coefficient (Wildman–Crippen LogP) is 1.72. The minimum absolute atomic E-state index is 0.117. The molecule has 0 saturated heterocycles. The van der Waals surface area contributed by atoms with E-state index in [0.717, 1.165) is 13.0 Å². The Labute approximate surface area is 111 Å². The van der Waals surface area contributed by atoms with Gasteiger partial charge in [0.1, 0.15) is 5.75 Å². The lowest BCUT2D eigenvalue weighted by Gasteiger charge is -2.07. The zero-order chi connectivity index (χ0) is 13.7. The summed E-state index contributed by atoms with van der Waals surface area (Å²) in [6, 6.07) is 4.84. The maximum absolute atomic E-state index is 11.9. The van der Waals surface area contributed by atoms with Gasteiger partial charge in [-0.15, -0.1) is 0 Å². The number of amides is 1. The lowest BCUT2D eigenvalue weighted by atomic mass is 10.1. The van der Waals surface area contributed by atoms with Crippen molar-refractivity contribution in [2.24, 2.45) is 0 Å². The normalized spacial score (nSPS) is 10.4. The van der Waals surface area contributed by atoms with Crippen LogP contribution in [0.15, 0.2) is 36.9 Å². The van der Waals surface area contributed by atoms with Gasteiger partial charge in [-0.2, -0.15) is 0 Å². The molecular formula is C14H17N3O2. The molecule has 1 aromatic carbocycles. The van der Waals surface area contributed by atoms with Crippen LogP contribution in [0.5, 0.6) is 5.75 Å². The highest BCUT2D eigenvalue weighted by Crippen LogP contribution is 2.16. The Bertz CT molecular complexity index is 550. The molecule has 2 N–H and O–H groups in total. The number of aryl methyl sites for hydroxylation is 2. The molecule has 0 aliphatic rings. The molecular weight excluding hydrogens is 242 g/mol. The van der Waals surface area contributed by atoms with Crippen LogP contribution in [0.3, 0.4) is 0 Å². The van der Waals surface area contributed by atoms with E-state index in [1.807, 2.05) is 10.8 Å². The van der Waals surface area contributed by atoms with Gasteiger partial charge in [-0.1, -0.05) is 0 Å². The number of benzene rings is 1. The highest BCUT2D eigenvalue weighted by Gasteiger charge is 2.06. The average molecular weight is 259 g/mol. The first kappa shape index (κ1) is 13.1. The molecule has 1 amide bonds. The second kappa shape index (κ2) is 6.04. The third kappa shape index (κ3) is 3.58. The van der Waals surface area contributed by atoms with Gasteiger partial charge in [-0.25, -0.2) is 4.98 Å². The summed E-state index contributed by atoms with van der Waals surface area (Å²) in [6.45, 7) is 3.21. The Morgan fingerprint density at radius 2 is 2.32 bits per heavy atom. The minimum Gasteiger partial charge on any atom is -0.508 e. The van der Waals surface area contributed by atoms with Crippen LogP contribution in [0.4, 0.5) is 0 Å². The Morgan fingerprint density at radius 3 is 3.00 bits per heavy atom. The van der Waals surface area contributed by atoms with E-state index in [9.17, 15) is 9.90 Å². The van der Waals surface area contributed by atoms with Crippen molar-refractivity contribution in [2.75, 3.05) is 6.54 Å². The summed E-state index contributed by atoms with van der Waals surface area (Å²) in [4.78, 5) is 15.8. The van der Waals surface area contributed by atoms with E-state index in [1.54, 1.807) is 31.6 Å². The van der Waals surface area contributed by atoms with Crippen molar-refractivity contribution in [1.29, 1.82) is 0 Å². The van der Waals surface area contributed by atoms with Gasteiger partial charge in [0, 0.05) is 31.0 Å². The fourth-order valence-electron chi connectivity index (χ4n) is 1.78. The molecule has 0 radical (unpaired) electrons. The summed E-state index contributed by atoms with van der Waals surface area (Å²) in [6.07, 6.45) is 6.23. The maximum Gasteiger partial charge on any atom is 0.251 e. The number of phenols is 1. The molecule has 0 aliphatic heterocycles. The molecule has 5 nitrogen and oxygen atoms in total. The van der Waals surface area contributed by atoms with Crippen molar-refractivity contribution in [3.63, 3.8) is 0 Å². The van der Waals surface area contributed by atoms with Crippen LogP contribution in [0.2, 0.25) is 0 Å². The van der Waals surface area contributed by atoms with Gasteiger partial charge < -0.3 is 15.0 Å². The molecule has 0 bridgehead atoms. The summed E-state index contributed by atoms with van der Waals surface area (Å²) in [7, 11) is 0. The van der Waals surface area contributed by atoms with Crippen LogP contribution < -0.4 is 5.32 Å². The summed E-state index contributed by atoms with van der Waals surface area (Å²) in [5, 5.41) is 12.3. The number of phenolic OH excluding ortho intramolecular Hbond substituents is 1. The number of rotatable bonds is 5. The summed E-state index contributed by atoms with van der Waals surface area (Å²) < 4.78 is 1.97. The molecule has 5 heteroatoms. The third-order valence-corrected chi connectivity index (χ3v) is 2.90. The van der Waals surface area contributed by atoms with Gasteiger partial charge in [-0.05, 0) is 37.1 Å². The van der Waals surface area contributed by atoms with Gasteiger partial charge >= 0.3 is 0 Å². The molecule has 100 valence electrons. The van der Waals surface area contributed by atoms with Crippen LogP contribution >= 0.6 is 0 Å². The first-order valence-corrected chi connectivity index (χ1v) is 6.20. The van der Waals surface area contributed by atoms with Gasteiger partial charge in [-0.3, -0.25) is 4.79 Å². The van der Waals surface area contributed by atoms with Crippen molar-refractivity contribution >= 4 is 5.91 Å². The molecule has 0 saturated carbocycles. The molecule has 1 aromatic heterocycles. The molecule has 1 heterocycles. The maximum atomic E-state index is 11.9. The van der Waals surface area contributed by atoms with E-state index in [4.69, 9.17) is 0 Å². The predicted molar refractivity (Wildman–Crippen MR) is 72.0 cm³/mol. The number of carbonyl (C=O) groups excluding carboxylic acids is 1. The average Bonchev–Trinajstić information content (AvgIpc) is 2.91. The molecule has 19 heavy (non-hydrogen) atoms. The Hall–Kier alpha value is -2.30. The number of hydrogen-bond donors (Lipinski definition) is 2. The molecule has 0 spiro atoms. The van der Waals surface area contributed by atoms with E-state index in [-0.39, 0.29) is 11.7 Å². The number of aromatic hydroxyl groups is 1. The van der Waals surface area contributed by atoms with Crippen LogP contribution in [-0.4, -0.2) is 27.1 Å². The van der Waals surface area contributed by atoms with Crippen LogP contribution in [-0.2, 0) is 6.54 Å². The van der Waals surface area contributed by atoms with Crippen molar-refractivity contribution in [3.05, 3.63) is 48.0 Å². The summed E-state index contributed by atoms with van der Waals surface area (Å²) in [5.74, 6) is 0.0883. The first-order valence-electron chi connectivity index (χ1n) is 6.20. The van der Waals surface area contributed by atoms with Gasteiger partial charge in [0.2, 0.25) is 0 Å². The number of carbonyl (C=O) groups is 1. The first-order chi connectivity index (χ1) is 9.16. The standard InChI is InChI=1S/C14H17N3O2/c1-11-9-12(3-4-13(11)18)14(19)16-5-2-7-17-8-6-15-10-17/h3-4,6,8-10,18H,2,5,7H2,1H3,(H,16,19). The zero-order valence-electron chi connectivity index (χ0n) is 10.8. The van der Waals surface area contributed by atoms with Crippen molar-refractivity contribution in [2.45, 2.75) is 19.9 Å². The van der Waals surface area contributed by atoms with Crippen molar-refractivity contribution in [1.82, 2.24) is 14.9 Å². The molecule has 0 aliphatic carbocycles. The summed E-state index contributed by atoms with van der Waals surface area (Å²) in [5.41, 5.74) is 1.27. The second-order valence-electron chi connectivity index (χ2n) is 4.41. The lowest BCUT2D eigenvalue weighted by molar-refractivity contribution is 0.0952. The number of hydrogen-bond acceptors (Lipinski definition) is 3. The zero-order valence-corrected chi connectivity index (χ0v) is 10.8. The molecule has 2 aromatic rings. The molecule has 0 unspecified atom stereocenters. The SMILES string of the molecule is Cc1cc(C(=O)NCCCn2ccnc2)ccc1O. The van der Waals surface area contributed by atoms with Crippen LogP contribution in [0.1, 0.15) is 22.3 Å². The van der Waals surface area contributed by atoms with E-state index < -0.39 is 0 Å². The highest BCUT2D eigenvalue weighted by molar-refractivity contribution is 5.94. The number of aromatic nitrogens is 2. The number of nitrogens with zero attached hydrogens (tertiary/aromatic N) is 2. The fraction of sp³-hybridized carbons (Fsp3) is 0.286. The molecule has 2 rings (SSSR count). The fourth-order valence-corrected chi connectivity index (χ4v) is 1.78.